The summed E-state index contributed by atoms with van der Waals surface area (Å²) in [6, 6.07) is 7.41. The maximum Gasteiger partial charge on any atom is 0.191 e. The Labute approximate surface area is 130 Å². The van der Waals surface area contributed by atoms with E-state index in [0.29, 0.717) is 11.7 Å². The van der Waals surface area contributed by atoms with Crippen LogP contribution < -0.4 is 10.5 Å². The van der Waals surface area contributed by atoms with Gasteiger partial charge in [-0.3, -0.25) is 4.99 Å². The number of aliphatic hydroxyl groups is 1. The smallest absolute Gasteiger partial charge is 0.191 e. The van der Waals surface area contributed by atoms with E-state index in [1.165, 1.54) is 0 Å². The summed E-state index contributed by atoms with van der Waals surface area (Å²) >= 11 is 0. The summed E-state index contributed by atoms with van der Waals surface area (Å²) in [6.07, 6.45) is 1.62. The average molecular weight is 344 g/mol. The van der Waals surface area contributed by atoms with Crippen molar-refractivity contribution in [1.29, 1.82) is 0 Å². The number of likely N-dealkylation sites (tertiary alicyclic amines) is 1. The molecule has 0 spiro atoms. The summed E-state index contributed by atoms with van der Waals surface area (Å²) in [5, 5.41) is 10.2. The predicted octanol–water partition coefficient (Wildman–Crippen LogP) is 1.72. The molecular weight excluding hydrogens is 322 g/mol. The Bertz CT molecular complexity index is 448. The number of aliphatic hydroxyl groups excluding tert-OH is 1. The number of ether oxygens (including phenoxy) is 1. The first-order valence-corrected chi connectivity index (χ1v) is 6.58. The second-order valence-electron chi connectivity index (χ2n) is 4.65. The van der Waals surface area contributed by atoms with E-state index < -0.39 is 6.10 Å². The molecule has 0 radical (unpaired) electrons. The van der Waals surface area contributed by atoms with Gasteiger partial charge >= 0.3 is 0 Å². The molecule has 1 fully saturated rings. The number of guanidine groups is 1. The minimum absolute atomic E-state index is 0. The highest BCUT2D eigenvalue weighted by Crippen LogP contribution is 2.24. The highest BCUT2D eigenvalue weighted by Gasteiger charge is 2.15. The molecule has 1 heterocycles. The fourth-order valence-electron chi connectivity index (χ4n) is 2.27. The molecule has 3 N–H and O–H groups in total. The lowest BCUT2D eigenvalue weighted by Crippen LogP contribution is -2.35. The van der Waals surface area contributed by atoms with E-state index in [4.69, 9.17) is 10.5 Å². The number of halogens is 1. The lowest BCUT2D eigenvalue weighted by atomic mass is 10.1. The third-order valence-corrected chi connectivity index (χ3v) is 3.35. The van der Waals surface area contributed by atoms with Crippen LogP contribution in [0.2, 0.25) is 0 Å². The minimum atomic E-state index is -0.697. The minimum Gasteiger partial charge on any atom is -0.496 e. The van der Waals surface area contributed by atoms with Crippen LogP contribution in [0.5, 0.6) is 5.75 Å². The first-order chi connectivity index (χ1) is 9.22. The summed E-state index contributed by atoms with van der Waals surface area (Å²) < 4.78 is 5.22. The van der Waals surface area contributed by atoms with Crippen molar-refractivity contribution in [2.24, 2.45) is 10.7 Å². The molecular formula is C14H22BrN3O2. The normalized spacial score (nSPS) is 16.7. The third-order valence-electron chi connectivity index (χ3n) is 3.35. The molecule has 0 saturated carbocycles. The number of nitrogens with zero attached hydrogens (tertiary/aromatic N) is 2. The summed E-state index contributed by atoms with van der Waals surface area (Å²) in [6.45, 7) is 2.17. The van der Waals surface area contributed by atoms with Crippen molar-refractivity contribution in [3.63, 3.8) is 0 Å². The van der Waals surface area contributed by atoms with Gasteiger partial charge in [-0.15, -0.1) is 17.0 Å². The van der Waals surface area contributed by atoms with E-state index in [1.807, 2.05) is 24.3 Å². The Morgan fingerprint density at radius 3 is 2.70 bits per heavy atom. The highest BCUT2D eigenvalue weighted by atomic mass is 79.9. The van der Waals surface area contributed by atoms with Crippen LogP contribution >= 0.6 is 17.0 Å². The molecule has 20 heavy (non-hydrogen) atoms. The predicted molar refractivity (Wildman–Crippen MR) is 85.6 cm³/mol. The Morgan fingerprint density at radius 2 is 2.05 bits per heavy atom. The van der Waals surface area contributed by atoms with Crippen molar-refractivity contribution < 1.29 is 9.84 Å². The molecule has 1 aromatic carbocycles. The monoisotopic (exact) mass is 343 g/mol. The molecule has 0 aliphatic carbocycles. The van der Waals surface area contributed by atoms with E-state index in [2.05, 4.69) is 9.89 Å². The summed E-state index contributed by atoms with van der Waals surface area (Å²) in [7, 11) is 1.59. The maximum atomic E-state index is 10.2. The molecule has 112 valence electrons. The van der Waals surface area contributed by atoms with Gasteiger partial charge in [-0.2, -0.15) is 0 Å². The molecule has 1 atom stereocenters. The van der Waals surface area contributed by atoms with Crippen LogP contribution in [0.3, 0.4) is 0 Å². The van der Waals surface area contributed by atoms with Gasteiger partial charge in [-0.05, 0) is 18.9 Å². The van der Waals surface area contributed by atoms with Gasteiger partial charge in [0.15, 0.2) is 5.96 Å². The lowest BCUT2D eigenvalue weighted by Gasteiger charge is -2.17. The second-order valence-corrected chi connectivity index (χ2v) is 4.65. The largest absolute Gasteiger partial charge is 0.496 e. The molecule has 1 saturated heterocycles. The van der Waals surface area contributed by atoms with Crippen LogP contribution in [0.25, 0.3) is 0 Å². The molecule has 1 aliphatic rings. The Balaban J connectivity index is 0.00000200. The number of aliphatic imine (C=N–C) groups is 1. The summed E-state index contributed by atoms with van der Waals surface area (Å²) in [5.74, 6) is 1.19. The van der Waals surface area contributed by atoms with Gasteiger partial charge < -0.3 is 20.5 Å². The molecule has 1 unspecified atom stereocenters. The van der Waals surface area contributed by atoms with Crippen molar-refractivity contribution in [3.05, 3.63) is 29.8 Å². The Morgan fingerprint density at radius 1 is 1.40 bits per heavy atom. The van der Waals surface area contributed by atoms with Crippen LogP contribution in [0.4, 0.5) is 0 Å². The van der Waals surface area contributed by atoms with Crippen LogP contribution in [0.1, 0.15) is 24.5 Å². The number of hydrogen-bond donors (Lipinski definition) is 2. The second kappa shape index (κ2) is 8.11. The highest BCUT2D eigenvalue weighted by molar-refractivity contribution is 8.93. The number of para-hydroxylation sites is 1. The quantitative estimate of drug-likeness (QED) is 0.645. The topological polar surface area (TPSA) is 71.1 Å². The van der Waals surface area contributed by atoms with Crippen LogP contribution in [0.15, 0.2) is 29.3 Å². The van der Waals surface area contributed by atoms with Gasteiger partial charge in [-0.25, -0.2) is 0 Å². The Hall–Kier alpha value is -1.27. The molecule has 2 rings (SSSR count). The zero-order valence-corrected chi connectivity index (χ0v) is 13.4. The van der Waals surface area contributed by atoms with Crippen molar-refractivity contribution in [1.82, 2.24) is 4.90 Å². The lowest BCUT2D eigenvalue weighted by molar-refractivity contribution is 0.182. The van der Waals surface area contributed by atoms with Gasteiger partial charge in [0, 0.05) is 18.7 Å². The third kappa shape index (κ3) is 4.11. The molecule has 6 heteroatoms. The first-order valence-electron chi connectivity index (χ1n) is 6.58. The maximum absolute atomic E-state index is 10.2. The van der Waals surface area contributed by atoms with Crippen molar-refractivity contribution in [2.45, 2.75) is 18.9 Å². The Kier molecular flexibility index (Phi) is 6.81. The first kappa shape index (κ1) is 16.8. The molecule has 0 bridgehead atoms. The zero-order valence-electron chi connectivity index (χ0n) is 11.7. The number of rotatable bonds is 4. The van der Waals surface area contributed by atoms with Crippen molar-refractivity contribution >= 4 is 22.9 Å². The fourth-order valence-corrected chi connectivity index (χ4v) is 2.27. The standard InChI is InChI=1S/C14H21N3O2.BrH/c1-19-13-7-3-2-6-11(13)12(18)10-16-14(15)17-8-4-5-9-17;/h2-3,6-7,12,18H,4-5,8-10H2,1H3,(H2,15,16);1H. The number of nitrogens with two attached hydrogens (primary N) is 1. The molecule has 5 nitrogen and oxygen atoms in total. The number of methoxy groups -OCH3 is 1. The van der Waals surface area contributed by atoms with Crippen molar-refractivity contribution in [3.8, 4) is 5.75 Å². The molecule has 0 aromatic heterocycles. The van der Waals surface area contributed by atoms with Crippen LogP contribution in [-0.2, 0) is 0 Å². The van der Waals surface area contributed by atoms with E-state index >= 15 is 0 Å². The summed E-state index contributed by atoms with van der Waals surface area (Å²) in [4.78, 5) is 6.32. The van der Waals surface area contributed by atoms with Crippen molar-refractivity contribution in [2.75, 3.05) is 26.7 Å². The average Bonchev–Trinajstić information content (AvgIpc) is 2.98. The number of hydrogen-bond acceptors (Lipinski definition) is 3. The van der Waals surface area contributed by atoms with E-state index in [0.717, 1.165) is 31.5 Å². The summed E-state index contributed by atoms with van der Waals surface area (Å²) in [5.41, 5.74) is 6.65. The van der Waals surface area contributed by atoms with Gasteiger partial charge in [0.05, 0.1) is 13.7 Å². The zero-order chi connectivity index (χ0) is 13.7. The molecule has 1 aromatic rings. The van der Waals surface area contributed by atoms with E-state index in [9.17, 15) is 5.11 Å². The van der Waals surface area contributed by atoms with E-state index in [-0.39, 0.29) is 23.5 Å². The van der Waals surface area contributed by atoms with E-state index in [1.54, 1.807) is 7.11 Å². The fraction of sp³-hybridized carbons (Fsp3) is 0.500. The van der Waals surface area contributed by atoms with Gasteiger partial charge in [0.1, 0.15) is 11.9 Å². The molecule has 0 amide bonds. The molecule has 1 aliphatic heterocycles. The van der Waals surface area contributed by atoms with Crippen LogP contribution in [-0.4, -0.2) is 42.7 Å². The number of benzene rings is 1. The van der Waals surface area contributed by atoms with Gasteiger partial charge in [0.25, 0.3) is 0 Å². The van der Waals surface area contributed by atoms with Gasteiger partial charge in [-0.1, -0.05) is 18.2 Å². The SMILES string of the molecule is Br.COc1ccccc1C(O)CN=C(N)N1CCCC1. The van der Waals surface area contributed by atoms with Gasteiger partial charge in [0.2, 0.25) is 0 Å². The van der Waals surface area contributed by atoms with Crippen LogP contribution in [0, 0.1) is 0 Å².